The number of anilines is 2. The summed E-state index contributed by atoms with van der Waals surface area (Å²) in [6.45, 7) is 1.83. The van der Waals surface area contributed by atoms with Gasteiger partial charge in [-0.2, -0.15) is 0 Å². The molecule has 2 rings (SSSR count). The van der Waals surface area contributed by atoms with Crippen LogP contribution < -0.4 is 10.2 Å². The van der Waals surface area contributed by atoms with Gasteiger partial charge in [0.2, 0.25) is 5.91 Å². The molecule has 0 bridgehead atoms. The second kappa shape index (κ2) is 7.51. The molecule has 0 spiro atoms. The molecule has 6 nitrogen and oxygen atoms in total. The Kier molecular flexibility index (Phi) is 5.43. The van der Waals surface area contributed by atoms with Crippen LogP contribution in [-0.2, 0) is 9.53 Å². The maximum absolute atomic E-state index is 12.6. The lowest BCUT2D eigenvalue weighted by Gasteiger charge is -2.18. The van der Waals surface area contributed by atoms with Gasteiger partial charge < -0.3 is 15.0 Å². The third-order valence-electron chi connectivity index (χ3n) is 3.37. The lowest BCUT2D eigenvalue weighted by Crippen LogP contribution is -2.26. The molecule has 0 aliphatic carbocycles. The number of aromatic nitrogens is 1. The van der Waals surface area contributed by atoms with Crippen molar-refractivity contribution in [1.29, 1.82) is 0 Å². The van der Waals surface area contributed by atoms with Gasteiger partial charge in [-0.05, 0) is 36.8 Å². The average Bonchev–Trinajstić information content (AvgIpc) is 2.56. The second-order valence-electron chi connectivity index (χ2n) is 5.09. The monoisotopic (exact) mass is 313 g/mol. The fourth-order valence-electron chi connectivity index (χ4n) is 2.07. The lowest BCUT2D eigenvalue weighted by atomic mass is 10.1. The number of amides is 2. The Hall–Kier alpha value is -2.73. The highest BCUT2D eigenvalue weighted by Crippen LogP contribution is 2.20. The van der Waals surface area contributed by atoms with Crippen LogP contribution >= 0.6 is 0 Å². The highest BCUT2D eigenvalue weighted by Gasteiger charge is 2.15. The Labute approximate surface area is 135 Å². The molecule has 23 heavy (non-hydrogen) atoms. The van der Waals surface area contributed by atoms with Crippen LogP contribution in [0.2, 0.25) is 0 Å². The van der Waals surface area contributed by atoms with Gasteiger partial charge in [0, 0.05) is 31.6 Å². The third-order valence-corrected chi connectivity index (χ3v) is 3.37. The first-order chi connectivity index (χ1) is 11.0. The average molecular weight is 313 g/mol. The predicted molar refractivity (Wildman–Crippen MR) is 88.7 cm³/mol. The maximum Gasteiger partial charge on any atom is 0.258 e. The predicted octanol–water partition coefficient (Wildman–Crippen LogP) is 2.25. The van der Waals surface area contributed by atoms with E-state index in [1.807, 2.05) is 6.92 Å². The molecule has 1 N–H and O–H groups in total. The van der Waals surface area contributed by atoms with Gasteiger partial charge in [-0.15, -0.1) is 0 Å². The minimum absolute atomic E-state index is 0.0345. The Morgan fingerprint density at radius 3 is 2.74 bits per heavy atom. The molecule has 0 aliphatic heterocycles. The Morgan fingerprint density at radius 1 is 1.30 bits per heavy atom. The van der Waals surface area contributed by atoms with Crippen LogP contribution in [0.4, 0.5) is 11.4 Å². The van der Waals surface area contributed by atoms with Gasteiger partial charge in [-0.25, -0.2) is 0 Å². The van der Waals surface area contributed by atoms with E-state index >= 15 is 0 Å². The molecule has 1 aromatic carbocycles. The number of hydrogen-bond donors (Lipinski definition) is 1. The normalized spacial score (nSPS) is 10.2. The summed E-state index contributed by atoms with van der Waals surface area (Å²) in [6, 6.07) is 8.77. The van der Waals surface area contributed by atoms with E-state index in [1.165, 1.54) is 12.0 Å². The first-order valence-corrected chi connectivity index (χ1v) is 7.10. The van der Waals surface area contributed by atoms with Crippen molar-refractivity contribution in [3.63, 3.8) is 0 Å². The van der Waals surface area contributed by atoms with Crippen LogP contribution in [0.1, 0.15) is 15.9 Å². The van der Waals surface area contributed by atoms with E-state index in [2.05, 4.69) is 10.3 Å². The van der Waals surface area contributed by atoms with E-state index in [0.29, 0.717) is 16.9 Å². The highest BCUT2D eigenvalue weighted by atomic mass is 16.5. The molecule has 1 aromatic heterocycles. The molecule has 1 heterocycles. The molecule has 0 aliphatic rings. The van der Waals surface area contributed by atoms with Gasteiger partial charge in [0.05, 0.1) is 11.9 Å². The molecule has 2 aromatic rings. The topological polar surface area (TPSA) is 71.5 Å². The number of nitrogens with one attached hydrogen (secondary N) is 1. The summed E-state index contributed by atoms with van der Waals surface area (Å²) in [5.74, 6) is -0.443. The maximum atomic E-state index is 12.6. The summed E-state index contributed by atoms with van der Waals surface area (Å²) in [5.41, 5.74) is 2.64. The van der Waals surface area contributed by atoms with E-state index in [-0.39, 0.29) is 18.4 Å². The van der Waals surface area contributed by atoms with Gasteiger partial charge in [0.15, 0.2) is 0 Å². The molecular formula is C17H19N3O3. The summed E-state index contributed by atoms with van der Waals surface area (Å²) >= 11 is 0. The van der Waals surface area contributed by atoms with Gasteiger partial charge in [0.25, 0.3) is 5.91 Å². The van der Waals surface area contributed by atoms with E-state index < -0.39 is 0 Å². The van der Waals surface area contributed by atoms with E-state index in [0.717, 1.165) is 5.56 Å². The molecule has 0 saturated carbocycles. The lowest BCUT2D eigenvalue weighted by molar-refractivity contribution is -0.119. The molecule has 0 unspecified atom stereocenters. The first kappa shape index (κ1) is 16.6. The van der Waals surface area contributed by atoms with E-state index in [1.54, 1.807) is 49.8 Å². The number of carbonyl (C=O) groups excluding carboxylic acids is 2. The van der Waals surface area contributed by atoms with Gasteiger partial charge in [-0.3, -0.25) is 14.6 Å². The van der Waals surface area contributed by atoms with Crippen molar-refractivity contribution in [3.05, 3.63) is 53.9 Å². The number of carbonyl (C=O) groups is 2. The number of rotatable bonds is 5. The van der Waals surface area contributed by atoms with Crippen LogP contribution in [0.5, 0.6) is 0 Å². The SMILES string of the molecule is COCC(=O)Nc1cc(C(=O)N(C)c2cccnc2)ccc1C. The number of pyridine rings is 1. The van der Waals surface area contributed by atoms with Gasteiger partial charge in [-0.1, -0.05) is 6.07 Å². The molecule has 0 fully saturated rings. The van der Waals surface area contributed by atoms with Crippen molar-refractivity contribution in [2.24, 2.45) is 0 Å². The quantitative estimate of drug-likeness (QED) is 0.919. The fourth-order valence-corrected chi connectivity index (χ4v) is 2.07. The number of methoxy groups -OCH3 is 1. The van der Waals surface area contributed by atoms with E-state index in [9.17, 15) is 9.59 Å². The third kappa shape index (κ3) is 4.14. The Balaban J connectivity index is 2.22. The Morgan fingerprint density at radius 2 is 2.09 bits per heavy atom. The van der Waals surface area contributed by atoms with Gasteiger partial charge in [0.1, 0.15) is 6.61 Å². The molecule has 0 atom stereocenters. The van der Waals surface area contributed by atoms with Crippen LogP contribution in [0, 0.1) is 6.92 Å². The van der Waals surface area contributed by atoms with Crippen molar-refractivity contribution in [1.82, 2.24) is 4.98 Å². The fraction of sp³-hybridized carbons (Fsp3) is 0.235. The highest BCUT2D eigenvalue weighted by molar-refractivity contribution is 6.06. The smallest absolute Gasteiger partial charge is 0.258 e. The minimum Gasteiger partial charge on any atom is -0.375 e. The number of ether oxygens (including phenoxy) is 1. The summed E-state index contributed by atoms with van der Waals surface area (Å²) in [7, 11) is 3.14. The molecule has 120 valence electrons. The summed E-state index contributed by atoms with van der Waals surface area (Å²) in [5, 5.41) is 2.74. The summed E-state index contributed by atoms with van der Waals surface area (Å²) in [4.78, 5) is 29.8. The molecule has 2 amide bonds. The number of aryl methyl sites for hydroxylation is 1. The zero-order chi connectivity index (χ0) is 16.8. The molecule has 0 radical (unpaired) electrons. The largest absolute Gasteiger partial charge is 0.375 e. The summed E-state index contributed by atoms with van der Waals surface area (Å²) in [6.07, 6.45) is 3.27. The number of nitrogens with zero attached hydrogens (tertiary/aromatic N) is 2. The molecule has 6 heteroatoms. The first-order valence-electron chi connectivity index (χ1n) is 7.10. The second-order valence-corrected chi connectivity index (χ2v) is 5.09. The van der Waals surface area contributed by atoms with Crippen molar-refractivity contribution >= 4 is 23.2 Å². The van der Waals surface area contributed by atoms with Crippen molar-refractivity contribution < 1.29 is 14.3 Å². The number of hydrogen-bond acceptors (Lipinski definition) is 4. The molecule has 0 saturated heterocycles. The zero-order valence-electron chi connectivity index (χ0n) is 13.4. The van der Waals surface area contributed by atoms with Crippen molar-refractivity contribution in [2.75, 3.05) is 31.0 Å². The number of benzene rings is 1. The minimum atomic E-state index is -0.263. The standard InChI is InChI=1S/C17H19N3O3/c1-12-6-7-13(9-15(12)19-16(21)11-23-3)17(22)20(2)14-5-4-8-18-10-14/h4-10H,11H2,1-3H3,(H,19,21). The van der Waals surface area contributed by atoms with Crippen LogP contribution in [0.15, 0.2) is 42.7 Å². The zero-order valence-corrected chi connectivity index (χ0v) is 13.4. The molecular weight excluding hydrogens is 294 g/mol. The van der Waals surface area contributed by atoms with Crippen molar-refractivity contribution in [3.8, 4) is 0 Å². The van der Waals surface area contributed by atoms with Crippen LogP contribution in [-0.4, -0.2) is 37.6 Å². The van der Waals surface area contributed by atoms with Crippen LogP contribution in [0.3, 0.4) is 0 Å². The van der Waals surface area contributed by atoms with Crippen molar-refractivity contribution in [2.45, 2.75) is 6.92 Å². The summed E-state index contributed by atoms with van der Waals surface area (Å²) < 4.78 is 4.80. The van der Waals surface area contributed by atoms with Crippen LogP contribution in [0.25, 0.3) is 0 Å². The Bertz CT molecular complexity index is 701. The van der Waals surface area contributed by atoms with E-state index in [4.69, 9.17) is 4.74 Å². The van der Waals surface area contributed by atoms with Gasteiger partial charge >= 0.3 is 0 Å².